The molecule has 0 unspecified atom stereocenters. The average molecular weight is 409 g/mol. The van der Waals surface area contributed by atoms with E-state index in [0.717, 1.165) is 27.1 Å². The molecule has 0 radical (unpaired) electrons. The van der Waals surface area contributed by atoms with Crippen LogP contribution >= 0.6 is 39.1 Å². The average Bonchev–Trinajstić information content (AvgIpc) is 3.02. The molecule has 3 aromatic rings. The van der Waals surface area contributed by atoms with E-state index in [1.54, 1.807) is 12.1 Å². The predicted octanol–water partition coefficient (Wildman–Crippen LogP) is 5.18. The minimum absolute atomic E-state index is 0.247. The summed E-state index contributed by atoms with van der Waals surface area (Å²) in [6, 6.07) is 13.0. The van der Waals surface area contributed by atoms with Gasteiger partial charge in [-0.15, -0.1) is 5.10 Å². The highest BCUT2D eigenvalue weighted by Crippen LogP contribution is 2.28. The third-order valence-electron chi connectivity index (χ3n) is 3.33. The molecule has 1 aromatic heterocycles. The fourth-order valence-electron chi connectivity index (χ4n) is 2.06. The molecule has 23 heavy (non-hydrogen) atoms. The minimum Gasteiger partial charge on any atom is -0.321 e. The Balaban J connectivity index is 1.91. The lowest BCUT2D eigenvalue weighted by molar-refractivity contribution is 0.103. The number of halogens is 2. The van der Waals surface area contributed by atoms with Crippen molar-refractivity contribution in [3.05, 3.63) is 62.4 Å². The highest BCUT2D eigenvalue weighted by atomic mass is 79.9. The van der Waals surface area contributed by atoms with Crippen LogP contribution in [0, 0.1) is 6.92 Å². The van der Waals surface area contributed by atoms with Gasteiger partial charge in [0.1, 0.15) is 10.6 Å². The molecule has 0 aliphatic heterocycles. The topological polar surface area (TPSA) is 54.9 Å². The van der Waals surface area contributed by atoms with Gasteiger partial charge in [0.25, 0.3) is 5.91 Å². The number of rotatable bonds is 3. The van der Waals surface area contributed by atoms with E-state index in [2.05, 4.69) is 30.8 Å². The molecule has 0 spiro atoms. The van der Waals surface area contributed by atoms with E-state index < -0.39 is 0 Å². The summed E-state index contributed by atoms with van der Waals surface area (Å²) in [6.07, 6.45) is 0. The Labute approximate surface area is 150 Å². The zero-order valence-electron chi connectivity index (χ0n) is 12.0. The van der Waals surface area contributed by atoms with Crippen LogP contribution in [0.2, 0.25) is 5.02 Å². The monoisotopic (exact) mass is 407 g/mol. The van der Waals surface area contributed by atoms with Crippen LogP contribution in [0.1, 0.15) is 15.2 Å². The smallest absolute Gasteiger partial charge is 0.269 e. The number of aromatic nitrogens is 2. The van der Waals surface area contributed by atoms with Crippen LogP contribution in [-0.4, -0.2) is 15.5 Å². The molecule has 1 N–H and O–H groups in total. The molecule has 0 saturated carbocycles. The van der Waals surface area contributed by atoms with Crippen LogP contribution in [0.3, 0.4) is 0 Å². The summed E-state index contributed by atoms with van der Waals surface area (Å²) in [5.74, 6) is -0.247. The minimum atomic E-state index is -0.247. The van der Waals surface area contributed by atoms with Gasteiger partial charge >= 0.3 is 0 Å². The molecule has 0 bridgehead atoms. The summed E-state index contributed by atoms with van der Waals surface area (Å²) in [5, 5.41) is 7.57. The second-order valence-electron chi connectivity index (χ2n) is 4.82. The molecule has 3 rings (SSSR count). The van der Waals surface area contributed by atoms with Crippen molar-refractivity contribution < 1.29 is 4.79 Å². The summed E-state index contributed by atoms with van der Waals surface area (Å²) in [7, 11) is 0. The molecule has 2 aromatic carbocycles. The zero-order chi connectivity index (χ0) is 16.4. The second kappa shape index (κ2) is 6.78. The lowest BCUT2D eigenvalue weighted by Gasteiger charge is -2.09. The van der Waals surface area contributed by atoms with Gasteiger partial charge in [-0.1, -0.05) is 50.2 Å². The fraction of sp³-hybridized carbons (Fsp3) is 0.0625. The van der Waals surface area contributed by atoms with Crippen LogP contribution in [0.25, 0.3) is 11.3 Å². The Kier molecular flexibility index (Phi) is 4.75. The number of hydrogen-bond donors (Lipinski definition) is 1. The van der Waals surface area contributed by atoms with E-state index in [1.807, 2.05) is 37.3 Å². The molecular formula is C16H11BrClN3OS. The van der Waals surface area contributed by atoms with Crippen molar-refractivity contribution >= 4 is 50.7 Å². The first-order chi connectivity index (χ1) is 11.1. The summed E-state index contributed by atoms with van der Waals surface area (Å²) < 4.78 is 4.88. The first-order valence-corrected chi connectivity index (χ1v) is 8.65. The van der Waals surface area contributed by atoms with Gasteiger partial charge in [-0.25, -0.2) is 0 Å². The molecule has 0 aliphatic rings. The van der Waals surface area contributed by atoms with Gasteiger partial charge in [0.2, 0.25) is 0 Å². The molecule has 0 saturated heterocycles. The maximum absolute atomic E-state index is 12.6. The summed E-state index contributed by atoms with van der Waals surface area (Å²) >= 11 is 10.5. The third-order valence-corrected chi connectivity index (χ3v) is 4.99. The normalized spacial score (nSPS) is 10.6. The number of hydrogen-bond acceptors (Lipinski definition) is 4. The molecule has 116 valence electrons. The highest BCUT2D eigenvalue weighted by molar-refractivity contribution is 9.10. The largest absolute Gasteiger partial charge is 0.321 e. The standard InChI is InChI=1S/C16H11BrClN3OS/c1-9-12(18)3-2-4-13(9)19-16(22)15-14(20-21-23-15)10-5-7-11(17)8-6-10/h2-8H,1H3,(H,19,22). The maximum atomic E-state index is 12.6. The lowest BCUT2D eigenvalue weighted by Crippen LogP contribution is -2.12. The van der Waals surface area contributed by atoms with Gasteiger partial charge < -0.3 is 5.32 Å². The highest BCUT2D eigenvalue weighted by Gasteiger charge is 2.18. The number of carbonyl (C=O) groups is 1. The van der Waals surface area contributed by atoms with E-state index in [4.69, 9.17) is 11.6 Å². The van der Waals surface area contributed by atoms with E-state index in [1.165, 1.54) is 0 Å². The van der Waals surface area contributed by atoms with Crippen LogP contribution in [-0.2, 0) is 0 Å². The Morgan fingerprint density at radius 3 is 2.70 bits per heavy atom. The van der Waals surface area contributed by atoms with Crippen LogP contribution < -0.4 is 5.32 Å². The maximum Gasteiger partial charge on any atom is 0.269 e. The Morgan fingerprint density at radius 1 is 1.22 bits per heavy atom. The molecule has 7 heteroatoms. The van der Waals surface area contributed by atoms with Crippen LogP contribution in [0.4, 0.5) is 5.69 Å². The van der Waals surface area contributed by atoms with Crippen molar-refractivity contribution in [2.24, 2.45) is 0 Å². The number of carbonyl (C=O) groups excluding carboxylic acids is 1. The lowest BCUT2D eigenvalue weighted by atomic mass is 10.1. The SMILES string of the molecule is Cc1c(Cl)cccc1NC(=O)c1snnc1-c1ccc(Br)cc1. The molecule has 1 heterocycles. The molecule has 0 fully saturated rings. The Morgan fingerprint density at radius 2 is 1.96 bits per heavy atom. The van der Waals surface area contributed by atoms with Crippen molar-refractivity contribution in [3.8, 4) is 11.3 Å². The fourth-order valence-corrected chi connectivity index (χ4v) is 3.08. The molecule has 0 aliphatic carbocycles. The molecule has 4 nitrogen and oxygen atoms in total. The van der Waals surface area contributed by atoms with Crippen molar-refractivity contribution in [2.75, 3.05) is 5.32 Å². The van der Waals surface area contributed by atoms with Crippen molar-refractivity contribution in [1.82, 2.24) is 9.59 Å². The summed E-state index contributed by atoms with van der Waals surface area (Å²) in [4.78, 5) is 13.0. The zero-order valence-corrected chi connectivity index (χ0v) is 15.2. The van der Waals surface area contributed by atoms with Crippen molar-refractivity contribution in [2.45, 2.75) is 6.92 Å². The van der Waals surface area contributed by atoms with Gasteiger partial charge in [0, 0.05) is 20.7 Å². The summed E-state index contributed by atoms with van der Waals surface area (Å²) in [6.45, 7) is 1.86. The number of nitrogens with one attached hydrogen (secondary N) is 1. The number of benzene rings is 2. The number of anilines is 1. The first-order valence-electron chi connectivity index (χ1n) is 6.71. The molecule has 1 amide bonds. The van der Waals surface area contributed by atoms with Crippen molar-refractivity contribution in [3.63, 3.8) is 0 Å². The molecule has 0 atom stereocenters. The van der Waals surface area contributed by atoms with Crippen LogP contribution in [0.5, 0.6) is 0 Å². The van der Waals surface area contributed by atoms with Crippen LogP contribution in [0.15, 0.2) is 46.9 Å². The van der Waals surface area contributed by atoms with Gasteiger partial charge in [-0.2, -0.15) is 0 Å². The Bertz CT molecular complexity index is 864. The third kappa shape index (κ3) is 3.44. The van der Waals surface area contributed by atoms with Crippen molar-refractivity contribution in [1.29, 1.82) is 0 Å². The quantitative estimate of drug-likeness (QED) is 0.649. The van der Waals surface area contributed by atoms with Gasteiger partial charge in [0.05, 0.1) is 0 Å². The van der Waals surface area contributed by atoms with Gasteiger partial charge in [-0.05, 0) is 48.3 Å². The summed E-state index contributed by atoms with van der Waals surface area (Å²) in [5.41, 5.74) is 2.91. The second-order valence-corrected chi connectivity index (χ2v) is 6.90. The van der Waals surface area contributed by atoms with E-state index in [0.29, 0.717) is 21.3 Å². The number of amides is 1. The van der Waals surface area contributed by atoms with E-state index in [9.17, 15) is 4.79 Å². The first kappa shape index (κ1) is 16.1. The van der Waals surface area contributed by atoms with E-state index in [-0.39, 0.29) is 5.91 Å². The van der Waals surface area contributed by atoms with Gasteiger partial charge in [-0.3, -0.25) is 4.79 Å². The molecular weight excluding hydrogens is 398 g/mol. The predicted molar refractivity (Wildman–Crippen MR) is 97.2 cm³/mol. The Hall–Kier alpha value is -1.76. The van der Waals surface area contributed by atoms with E-state index >= 15 is 0 Å². The number of nitrogens with zero attached hydrogens (tertiary/aromatic N) is 2. The van der Waals surface area contributed by atoms with Gasteiger partial charge in [0.15, 0.2) is 0 Å².